The lowest BCUT2D eigenvalue weighted by Gasteiger charge is -2.36. The van der Waals surface area contributed by atoms with E-state index in [0.29, 0.717) is 19.4 Å². The number of hydrogen-bond acceptors (Lipinski definition) is 4. The Bertz CT molecular complexity index is 448. The van der Waals surface area contributed by atoms with Gasteiger partial charge < -0.3 is 15.3 Å². The zero-order chi connectivity index (χ0) is 14.6. The summed E-state index contributed by atoms with van der Waals surface area (Å²) in [6, 6.07) is -0.493. The number of carboxylic acids is 1. The summed E-state index contributed by atoms with van der Waals surface area (Å²) in [5, 5.41) is 11.5. The Hall–Kier alpha value is -1.31. The van der Waals surface area contributed by atoms with E-state index >= 15 is 0 Å². The van der Waals surface area contributed by atoms with Gasteiger partial charge in [-0.3, -0.25) is 4.79 Å². The number of rotatable bonds is 4. The highest BCUT2D eigenvalue weighted by molar-refractivity contribution is 7.90. The number of hydrogen-bond donors (Lipinski definition) is 2. The zero-order valence-electron chi connectivity index (χ0n) is 11.1. The van der Waals surface area contributed by atoms with Crippen LogP contribution in [0, 0.1) is 5.92 Å². The molecule has 2 unspecified atom stereocenters. The van der Waals surface area contributed by atoms with Crippen molar-refractivity contribution in [3.8, 4) is 0 Å². The van der Waals surface area contributed by atoms with Crippen LogP contribution in [0.15, 0.2) is 0 Å². The number of urea groups is 1. The minimum absolute atomic E-state index is 0.0727. The third-order valence-electron chi connectivity index (χ3n) is 3.24. The molecule has 19 heavy (non-hydrogen) atoms. The molecule has 0 aromatic rings. The van der Waals surface area contributed by atoms with E-state index in [4.69, 9.17) is 5.11 Å². The monoisotopic (exact) mass is 292 g/mol. The summed E-state index contributed by atoms with van der Waals surface area (Å²) < 4.78 is 21.9. The first-order valence-electron chi connectivity index (χ1n) is 6.15. The van der Waals surface area contributed by atoms with Crippen LogP contribution in [0.2, 0.25) is 0 Å². The Balaban J connectivity index is 2.44. The summed E-state index contributed by atoms with van der Waals surface area (Å²) in [5.74, 6) is -1.34. The fourth-order valence-corrected chi connectivity index (χ4v) is 2.62. The normalized spacial score (nSPS) is 24.0. The molecule has 2 amide bonds. The largest absolute Gasteiger partial charge is 0.481 e. The van der Waals surface area contributed by atoms with E-state index in [-0.39, 0.29) is 24.4 Å². The molecule has 1 aliphatic heterocycles. The first-order chi connectivity index (χ1) is 8.70. The molecule has 8 heteroatoms. The number of nitrogens with one attached hydrogen (secondary N) is 1. The smallest absolute Gasteiger partial charge is 0.317 e. The van der Waals surface area contributed by atoms with Gasteiger partial charge in [-0.05, 0) is 19.8 Å². The second-order valence-corrected chi connectivity index (χ2v) is 7.22. The van der Waals surface area contributed by atoms with E-state index in [1.165, 1.54) is 0 Å². The SMILES string of the molecule is CC1CC(C(=O)O)CCN1C(=O)NCCS(C)(=O)=O. The van der Waals surface area contributed by atoms with Crippen LogP contribution in [0.5, 0.6) is 0 Å². The van der Waals surface area contributed by atoms with E-state index < -0.39 is 21.7 Å². The van der Waals surface area contributed by atoms with E-state index in [2.05, 4.69) is 5.32 Å². The summed E-state index contributed by atoms with van der Waals surface area (Å²) in [5.41, 5.74) is 0. The first kappa shape index (κ1) is 15.7. The minimum Gasteiger partial charge on any atom is -0.481 e. The lowest BCUT2D eigenvalue weighted by Crippen LogP contribution is -2.50. The number of amides is 2. The van der Waals surface area contributed by atoms with E-state index in [9.17, 15) is 18.0 Å². The molecule has 7 nitrogen and oxygen atoms in total. The zero-order valence-corrected chi connectivity index (χ0v) is 11.9. The van der Waals surface area contributed by atoms with Crippen LogP contribution in [0.25, 0.3) is 0 Å². The van der Waals surface area contributed by atoms with Gasteiger partial charge in [-0.1, -0.05) is 0 Å². The molecule has 2 N–H and O–H groups in total. The maximum absolute atomic E-state index is 11.8. The molecule has 0 aliphatic carbocycles. The van der Waals surface area contributed by atoms with Gasteiger partial charge >= 0.3 is 12.0 Å². The molecule has 0 spiro atoms. The summed E-state index contributed by atoms with van der Waals surface area (Å²) in [7, 11) is -3.10. The van der Waals surface area contributed by atoms with Gasteiger partial charge in [0.1, 0.15) is 9.84 Å². The Morgan fingerprint density at radius 3 is 2.53 bits per heavy atom. The molecule has 110 valence electrons. The van der Waals surface area contributed by atoms with Gasteiger partial charge in [0.15, 0.2) is 0 Å². The highest BCUT2D eigenvalue weighted by Gasteiger charge is 2.32. The van der Waals surface area contributed by atoms with Gasteiger partial charge in [0, 0.05) is 25.4 Å². The maximum Gasteiger partial charge on any atom is 0.317 e. The summed E-state index contributed by atoms with van der Waals surface area (Å²) in [4.78, 5) is 24.3. The van der Waals surface area contributed by atoms with Gasteiger partial charge in [0.25, 0.3) is 0 Å². The van der Waals surface area contributed by atoms with Crippen LogP contribution < -0.4 is 5.32 Å². The Kier molecular flexibility index (Phi) is 5.16. The van der Waals surface area contributed by atoms with Crippen molar-refractivity contribution in [1.82, 2.24) is 10.2 Å². The average Bonchev–Trinajstić information content (AvgIpc) is 2.26. The maximum atomic E-state index is 11.8. The third kappa shape index (κ3) is 5.06. The number of carboxylic acid groups (broad SMARTS) is 1. The van der Waals surface area contributed by atoms with E-state index in [1.807, 2.05) is 0 Å². The molecule has 1 rings (SSSR count). The van der Waals surface area contributed by atoms with Crippen LogP contribution in [-0.2, 0) is 14.6 Å². The van der Waals surface area contributed by atoms with Crippen molar-refractivity contribution in [1.29, 1.82) is 0 Å². The molecule has 1 heterocycles. The fraction of sp³-hybridized carbons (Fsp3) is 0.818. The van der Waals surface area contributed by atoms with Crippen molar-refractivity contribution in [2.75, 3.05) is 25.1 Å². The summed E-state index contributed by atoms with van der Waals surface area (Å²) >= 11 is 0. The number of nitrogens with zero attached hydrogens (tertiary/aromatic N) is 1. The summed E-state index contributed by atoms with van der Waals surface area (Å²) in [6.45, 7) is 2.25. The topological polar surface area (TPSA) is 104 Å². The third-order valence-corrected chi connectivity index (χ3v) is 4.18. The second-order valence-electron chi connectivity index (χ2n) is 4.96. The average molecular weight is 292 g/mol. The minimum atomic E-state index is -3.10. The number of carbonyl (C=O) groups is 2. The quantitative estimate of drug-likeness (QED) is 0.754. The van der Waals surface area contributed by atoms with Crippen LogP contribution in [0.3, 0.4) is 0 Å². The highest BCUT2D eigenvalue weighted by atomic mass is 32.2. The lowest BCUT2D eigenvalue weighted by atomic mass is 9.92. The van der Waals surface area contributed by atoms with Gasteiger partial charge in [-0.2, -0.15) is 0 Å². The molecule has 0 radical (unpaired) electrons. The lowest BCUT2D eigenvalue weighted by molar-refractivity contribution is -0.143. The number of likely N-dealkylation sites (tertiary alicyclic amines) is 1. The molecule has 2 atom stereocenters. The molecule has 1 fully saturated rings. The molecule has 1 saturated heterocycles. The van der Waals surface area contributed by atoms with Crippen LogP contribution in [0.4, 0.5) is 4.79 Å². The van der Waals surface area contributed by atoms with Gasteiger partial charge in [-0.25, -0.2) is 13.2 Å². The predicted molar refractivity (Wildman–Crippen MR) is 69.6 cm³/mol. The predicted octanol–water partition coefficient (Wildman–Crippen LogP) is -0.0743. The molecule has 0 aromatic carbocycles. The van der Waals surface area contributed by atoms with Crippen molar-refractivity contribution in [3.63, 3.8) is 0 Å². The molecule has 1 aliphatic rings. The Morgan fingerprint density at radius 1 is 1.42 bits per heavy atom. The van der Waals surface area contributed by atoms with Crippen LogP contribution >= 0.6 is 0 Å². The number of aliphatic carboxylic acids is 1. The Morgan fingerprint density at radius 2 is 2.05 bits per heavy atom. The van der Waals surface area contributed by atoms with Crippen LogP contribution in [-0.4, -0.2) is 61.6 Å². The van der Waals surface area contributed by atoms with Crippen molar-refractivity contribution in [2.45, 2.75) is 25.8 Å². The number of piperidine rings is 1. The van der Waals surface area contributed by atoms with Crippen molar-refractivity contribution in [2.24, 2.45) is 5.92 Å². The highest BCUT2D eigenvalue weighted by Crippen LogP contribution is 2.22. The number of sulfone groups is 1. The van der Waals surface area contributed by atoms with E-state index in [0.717, 1.165) is 6.26 Å². The van der Waals surface area contributed by atoms with Crippen LogP contribution in [0.1, 0.15) is 19.8 Å². The standard InChI is InChI=1S/C11H20N2O5S/c1-8-7-9(10(14)15)3-5-13(8)11(16)12-4-6-19(2,17)18/h8-9H,3-7H2,1-2H3,(H,12,16)(H,14,15). The van der Waals surface area contributed by atoms with Crippen molar-refractivity contribution < 1.29 is 23.1 Å². The molecule has 0 bridgehead atoms. The fourth-order valence-electron chi connectivity index (χ4n) is 2.14. The molecular formula is C11H20N2O5S. The second kappa shape index (κ2) is 6.23. The molecule has 0 saturated carbocycles. The van der Waals surface area contributed by atoms with Gasteiger partial charge in [-0.15, -0.1) is 0 Å². The van der Waals surface area contributed by atoms with Crippen molar-refractivity contribution in [3.05, 3.63) is 0 Å². The summed E-state index contributed by atoms with van der Waals surface area (Å²) in [6.07, 6.45) is 1.97. The Labute approximate surface area is 112 Å². The number of carbonyl (C=O) groups excluding carboxylic acids is 1. The van der Waals surface area contributed by atoms with Gasteiger partial charge in [0.05, 0.1) is 11.7 Å². The van der Waals surface area contributed by atoms with E-state index in [1.54, 1.807) is 11.8 Å². The van der Waals surface area contributed by atoms with Crippen molar-refractivity contribution >= 4 is 21.8 Å². The molecular weight excluding hydrogens is 272 g/mol. The van der Waals surface area contributed by atoms with Gasteiger partial charge in [0.2, 0.25) is 0 Å². The molecule has 0 aromatic heterocycles. The first-order valence-corrected chi connectivity index (χ1v) is 8.21.